The number of pyridine rings is 1. The summed E-state index contributed by atoms with van der Waals surface area (Å²) in [5, 5.41) is 14.1. The van der Waals surface area contributed by atoms with Gasteiger partial charge in [-0.25, -0.2) is 0 Å². The molecule has 0 amide bonds. The number of rotatable bonds is 2. The lowest BCUT2D eigenvalue weighted by Crippen LogP contribution is -2.53. The molecule has 1 unspecified atom stereocenters. The fourth-order valence-corrected chi connectivity index (χ4v) is 3.70. The Kier molecular flexibility index (Phi) is 3.01. The van der Waals surface area contributed by atoms with Gasteiger partial charge in [-0.05, 0) is 37.9 Å². The second-order valence-corrected chi connectivity index (χ2v) is 6.06. The molecule has 2 aromatic rings. The molecule has 4 heterocycles. The van der Waals surface area contributed by atoms with Crippen LogP contribution < -0.4 is 5.32 Å². The van der Waals surface area contributed by atoms with Gasteiger partial charge < -0.3 is 10.2 Å². The lowest BCUT2D eigenvalue weighted by atomic mass is 9.84. The second-order valence-electron chi connectivity index (χ2n) is 6.06. The van der Waals surface area contributed by atoms with Crippen LogP contribution in [-0.2, 0) is 0 Å². The number of fused-ring (bicyclic) bond motifs is 4. The van der Waals surface area contributed by atoms with Gasteiger partial charge in [-0.3, -0.25) is 4.98 Å². The number of aromatic nitrogens is 1. The number of piperidine rings is 3. The van der Waals surface area contributed by atoms with Crippen LogP contribution in [0.2, 0.25) is 0 Å². The average molecular weight is 278 g/mol. The molecule has 3 saturated heterocycles. The molecular formula is C17H18N4. The minimum Gasteiger partial charge on any atom is -0.379 e. The highest BCUT2D eigenvalue weighted by Gasteiger charge is 2.34. The molecule has 0 aliphatic carbocycles. The van der Waals surface area contributed by atoms with Crippen molar-refractivity contribution in [3.05, 3.63) is 36.0 Å². The number of nitriles is 1. The smallest absolute Gasteiger partial charge is 0.103 e. The fraction of sp³-hybridized carbons (Fsp3) is 0.412. The maximum Gasteiger partial charge on any atom is 0.103 e. The number of para-hydroxylation sites is 1. The summed E-state index contributed by atoms with van der Waals surface area (Å²) in [6.45, 7) is 3.54. The third-order valence-corrected chi connectivity index (χ3v) is 4.88. The highest BCUT2D eigenvalue weighted by Crippen LogP contribution is 2.33. The van der Waals surface area contributed by atoms with Gasteiger partial charge >= 0.3 is 0 Å². The summed E-state index contributed by atoms with van der Waals surface area (Å²) < 4.78 is 0. The van der Waals surface area contributed by atoms with E-state index in [9.17, 15) is 5.26 Å². The van der Waals surface area contributed by atoms with Crippen LogP contribution in [0.3, 0.4) is 0 Å². The quantitative estimate of drug-likeness (QED) is 0.917. The molecule has 0 radical (unpaired) electrons. The summed E-state index contributed by atoms with van der Waals surface area (Å²) in [5.74, 6) is 0.730. The molecule has 4 nitrogen and oxygen atoms in total. The predicted octanol–water partition coefficient (Wildman–Crippen LogP) is 2.61. The van der Waals surface area contributed by atoms with Crippen molar-refractivity contribution in [2.45, 2.75) is 18.9 Å². The van der Waals surface area contributed by atoms with E-state index in [1.54, 1.807) is 6.20 Å². The molecular weight excluding hydrogens is 260 g/mol. The zero-order valence-corrected chi connectivity index (χ0v) is 11.9. The first-order valence-corrected chi connectivity index (χ1v) is 7.62. The van der Waals surface area contributed by atoms with Gasteiger partial charge in [0.15, 0.2) is 0 Å². The molecule has 3 aliphatic heterocycles. The lowest BCUT2D eigenvalue weighted by molar-refractivity contribution is 0.0976. The third-order valence-electron chi connectivity index (χ3n) is 4.88. The Morgan fingerprint density at radius 3 is 2.76 bits per heavy atom. The Bertz CT molecular complexity index is 710. The maximum atomic E-state index is 9.40. The molecule has 1 aromatic heterocycles. The molecule has 4 heteroatoms. The molecule has 3 aliphatic rings. The number of anilines is 1. The molecule has 1 aromatic carbocycles. The second kappa shape index (κ2) is 5.01. The SMILES string of the molecule is N#Cc1cnc2ccccc2c1NC1CN2CCC1CC2. The molecule has 2 bridgehead atoms. The fourth-order valence-electron chi connectivity index (χ4n) is 3.70. The molecule has 1 atom stereocenters. The highest BCUT2D eigenvalue weighted by molar-refractivity contribution is 5.94. The van der Waals surface area contributed by atoms with Gasteiger partial charge in [-0.2, -0.15) is 5.26 Å². The Labute approximate surface area is 124 Å². The topological polar surface area (TPSA) is 52.0 Å². The van der Waals surface area contributed by atoms with Gasteiger partial charge in [0.2, 0.25) is 0 Å². The van der Waals surface area contributed by atoms with Crippen molar-refractivity contribution in [1.29, 1.82) is 5.26 Å². The summed E-state index contributed by atoms with van der Waals surface area (Å²) in [6.07, 6.45) is 4.22. The zero-order chi connectivity index (χ0) is 14.2. The molecule has 21 heavy (non-hydrogen) atoms. The maximum absolute atomic E-state index is 9.40. The van der Waals surface area contributed by atoms with Crippen molar-refractivity contribution >= 4 is 16.6 Å². The Hall–Kier alpha value is -2.12. The molecule has 106 valence electrons. The minimum atomic E-state index is 0.449. The molecule has 0 saturated carbocycles. The number of hydrogen-bond donors (Lipinski definition) is 1. The zero-order valence-electron chi connectivity index (χ0n) is 11.9. The number of benzene rings is 1. The van der Waals surface area contributed by atoms with Crippen LogP contribution in [0.1, 0.15) is 18.4 Å². The van der Waals surface area contributed by atoms with Crippen molar-refractivity contribution in [2.24, 2.45) is 5.92 Å². The van der Waals surface area contributed by atoms with Gasteiger partial charge in [0.05, 0.1) is 16.8 Å². The Morgan fingerprint density at radius 1 is 1.24 bits per heavy atom. The van der Waals surface area contributed by atoms with E-state index < -0.39 is 0 Å². The van der Waals surface area contributed by atoms with Gasteiger partial charge in [-0.15, -0.1) is 0 Å². The van der Waals surface area contributed by atoms with E-state index in [1.807, 2.05) is 24.3 Å². The van der Waals surface area contributed by atoms with Crippen LogP contribution in [0.5, 0.6) is 0 Å². The summed E-state index contributed by atoms with van der Waals surface area (Å²) in [4.78, 5) is 6.90. The summed E-state index contributed by atoms with van der Waals surface area (Å²) in [6, 6.07) is 10.8. The van der Waals surface area contributed by atoms with Crippen LogP contribution in [0.4, 0.5) is 5.69 Å². The minimum absolute atomic E-state index is 0.449. The Morgan fingerprint density at radius 2 is 2.05 bits per heavy atom. The number of nitrogens with one attached hydrogen (secondary N) is 1. The third kappa shape index (κ3) is 2.14. The van der Waals surface area contributed by atoms with E-state index >= 15 is 0 Å². The number of nitrogens with zero attached hydrogens (tertiary/aromatic N) is 3. The van der Waals surface area contributed by atoms with Crippen LogP contribution in [0.25, 0.3) is 10.9 Å². The summed E-state index contributed by atoms with van der Waals surface area (Å²) >= 11 is 0. The highest BCUT2D eigenvalue weighted by atomic mass is 15.2. The van der Waals surface area contributed by atoms with Crippen LogP contribution in [0.15, 0.2) is 30.5 Å². The van der Waals surface area contributed by atoms with E-state index in [4.69, 9.17) is 0 Å². The lowest BCUT2D eigenvalue weighted by Gasteiger charge is -2.45. The van der Waals surface area contributed by atoms with Crippen molar-refractivity contribution in [2.75, 3.05) is 25.0 Å². The summed E-state index contributed by atoms with van der Waals surface area (Å²) in [7, 11) is 0. The monoisotopic (exact) mass is 278 g/mol. The van der Waals surface area contributed by atoms with Crippen molar-refractivity contribution in [3.8, 4) is 6.07 Å². The average Bonchev–Trinajstić information content (AvgIpc) is 2.56. The van der Waals surface area contributed by atoms with E-state index in [-0.39, 0.29) is 0 Å². The van der Waals surface area contributed by atoms with Gasteiger partial charge in [-0.1, -0.05) is 18.2 Å². The Balaban J connectivity index is 1.74. The van der Waals surface area contributed by atoms with E-state index in [1.165, 1.54) is 25.9 Å². The largest absolute Gasteiger partial charge is 0.379 e. The standard InChI is InChI=1S/C17H18N4/c18-9-13-10-19-15-4-2-1-3-14(15)17(13)20-16-11-21-7-5-12(16)6-8-21/h1-4,10,12,16H,5-8,11H2,(H,19,20). The first kappa shape index (κ1) is 12.6. The van der Waals surface area contributed by atoms with Gasteiger partial charge in [0, 0.05) is 24.2 Å². The molecule has 3 fully saturated rings. The van der Waals surface area contributed by atoms with E-state index in [2.05, 4.69) is 21.3 Å². The van der Waals surface area contributed by atoms with Gasteiger partial charge in [0.1, 0.15) is 6.07 Å². The van der Waals surface area contributed by atoms with E-state index in [0.717, 1.165) is 29.1 Å². The number of hydrogen-bond acceptors (Lipinski definition) is 4. The van der Waals surface area contributed by atoms with Crippen molar-refractivity contribution in [3.63, 3.8) is 0 Å². The molecule has 0 spiro atoms. The van der Waals surface area contributed by atoms with Crippen LogP contribution in [-0.4, -0.2) is 35.6 Å². The van der Waals surface area contributed by atoms with Crippen LogP contribution in [0, 0.1) is 17.2 Å². The van der Waals surface area contributed by atoms with E-state index in [0.29, 0.717) is 11.6 Å². The normalized spacial score (nSPS) is 27.5. The van der Waals surface area contributed by atoms with Gasteiger partial charge in [0.25, 0.3) is 0 Å². The summed E-state index contributed by atoms with van der Waals surface area (Å²) in [5.41, 5.74) is 2.55. The van der Waals surface area contributed by atoms with Crippen molar-refractivity contribution in [1.82, 2.24) is 9.88 Å². The molecule has 1 N–H and O–H groups in total. The predicted molar refractivity (Wildman–Crippen MR) is 83.0 cm³/mol. The first-order chi connectivity index (χ1) is 10.3. The first-order valence-electron chi connectivity index (χ1n) is 7.62. The molecule has 5 rings (SSSR count). The van der Waals surface area contributed by atoms with Crippen molar-refractivity contribution < 1.29 is 0 Å². The van der Waals surface area contributed by atoms with Crippen LogP contribution >= 0.6 is 0 Å².